The topological polar surface area (TPSA) is 47.0 Å². The van der Waals surface area contributed by atoms with E-state index in [9.17, 15) is 0 Å². The molecule has 18 heavy (non-hydrogen) atoms. The highest BCUT2D eigenvalue weighted by Crippen LogP contribution is 2.27. The third-order valence-electron chi connectivity index (χ3n) is 3.21. The van der Waals surface area contributed by atoms with E-state index in [0.717, 1.165) is 41.9 Å². The molecule has 2 aromatic rings. The van der Waals surface area contributed by atoms with Gasteiger partial charge in [0.05, 0.1) is 18.3 Å². The van der Waals surface area contributed by atoms with E-state index >= 15 is 0 Å². The van der Waals surface area contributed by atoms with Gasteiger partial charge >= 0.3 is 0 Å². The van der Waals surface area contributed by atoms with Crippen LogP contribution in [0.1, 0.15) is 12.1 Å². The van der Waals surface area contributed by atoms with E-state index < -0.39 is 0 Å². The lowest BCUT2D eigenvalue weighted by atomic mass is 10.0. The zero-order chi connectivity index (χ0) is 12.4. The van der Waals surface area contributed by atoms with Gasteiger partial charge in [-0.05, 0) is 30.7 Å². The van der Waals surface area contributed by atoms with E-state index in [1.807, 2.05) is 18.2 Å². The molecule has 0 amide bonds. The first kappa shape index (κ1) is 11.2. The molecule has 4 nitrogen and oxygen atoms in total. The van der Waals surface area contributed by atoms with E-state index in [4.69, 9.17) is 4.74 Å². The van der Waals surface area contributed by atoms with E-state index in [1.54, 1.807) is 13.4 Å². The SMILES string of the molecule is COc1ccc2c(C3=CCNCC3)ncnc2c1. The first-order chi connectivity index (χ1) is 8.88. The molecule has 0 radical (unpaired) electrons. The summed E-state index contributed by atoms with van der Waals surface area (Å²) >= 11 is 0. The first-order valence-corrected chi connectivity index (χ1v) is 6.07. The molecule has 0 saturated heterocycles. The Morgan fingerprint density at radius 2 is 2.22 bits per heavy atom. The maximum Gasteiger partial charge on any atom is 0.121 e. The number of nitrogens with zero attached hydrogens (tertiary/aromatic N) is 2. The smallest absolute Gasteiger partial charge is 0.121 e. The largest absolute Gasteiger partial charge is 0.497 e. The Balaban J connectivity index is 2.14. The van der Waals surface area contributed by atoms with Gasteiger partial charge in [0, 0.05) is 18.0 Å². The van der Waals surface area contributed by atoms with E-state index in [1.165, 1.54) is 5.57 Å². The molecule has 2 heterocycles. The molecule has 0 spiro atoms. The summed E-state index contributed by atoms with van der Waals surface area (Å²) in [6, 6.07) is 5.94. The van der Waals surface area contributed by atoms with Crippen molar-refractivity contribution in [2.45, 2.75) is 6.42 Å². The monoisotopic (exact) mass is 241 g/mol. The Kier molecular flexibility index (Phi) is 2.94. The van der Waals surface area contributed by atoms with Crippen molar-refractivity contribution in [1.29, 1.82) is 0 Å². The molecule has 1 aliphatic heterocycles. The second-order valence-electron chi connectivity index (χ2n) is 4.29. The zero-order valence-electron chi connectivity index (χ0n) is 10.3. The summed E-state index contributed by atoms with van der Waals surface area (Å²) in [5.41, 5.74) is 3.27. The van der Waals surface area contributed by atoms with E-state index in [2.05, 4.69) is 21.4 Å². The summed E-state index contributed by atoms with van der Waals surface area (Å²) in [5.74, 6) is 0.825. The van der Waals surface area contributed by atoms with Crippen LogP contribution in [-0.4, -0.2) is 30.2 Å². The standard InChI is InChI=1S/C14H15N3O/c1-18-11-2-3-12-13(8-11)16-9-17-14(12)10-4-6-15-7-5-10/h2-4,8-9,15H,5-7H2,1H3. The van der Waals surface area contributed by atoms with Gasteiger partial charge in [-0.25, -0.2) is 9.97 Å². The number of nitrogens with one attached hydrogen (secondary N) is 1. The molecule has 3 rings (SSSR count). The van der Waals surface area contributed by atoms with Gasteiger partial charge in [0.1, 0.15) is 12.1 Å². The Bertz CT molecular complexity index is 607. The molecule has 0 saturated carbocycles. The van der Waals surface area contributed by atoms with Crippen molar-refractivity contribution in [2.75, 3.05) is 20.2 Å². The molecule has 0 unspecified atom stereocenters. The average Bonchev–Trinajstić information content (AvgIpc) is 2.47. The van der Waals surface area contributed by atoms with Crippen LogP contribution in [0.5, 0.6) is 5.75 Å². The molecule has 1 aliphatic rings. The van der Waals surface area contributed by atoms with Gasteiger partial charge in [-0.2, -0.15) is 0 Å². The van der Waals surface area contributed by atoms with Crippen molar-refractivity contribution in [3.05, 3.63) is 36.3 Å². The van der Waals surface area contributed by atoms with Crippen molar-refractivity contribution in [2.24, 2.45) is 0 Å². The lowest BCUT2D eigenvalue weighted by molar-refractivity contribution is 0.415. The predicted molar refractivity (Wildman–Crippen MR) is 71.6 cm³/mol. The van der Waals surface area contributed by atoms with Crippen molar-refractivity contribution < 1.29 is 4.74 Å². The lowest BCUT2D eigenvalue weighted by Gasteiger charge is -2.15. The molecular formula is C14H15N3O. The van der Waals surface area contributed by atoms with E-state index in [-0.39, 0.29) is 0 Å². The van der Waals surface area contributed by atoms with Crippen LogP contribution in [0.4, 0.5) is 0 Å². The van der Waals surface area contributed by atoms with Crippen LogP contribution in [0.15, 0.2) is 30.6 Å². The van der Waals surface area contributed by atoms with Crippen molar-refractivity contribution in [3.63, 3.8) is 0 Å². The number of rotatable bonds is 2. The highest BCUT2D eigenvalue weighted by Gasteiger charge is 2.11. The van der Waals surface area contributed by atoms with Crippen LogP contribution < -0.4 is 10.1 Å². The molecular weight excluding hydrogens is 226 g/mol. The van der Waals surface area contributed by atoms with Gasteiger partial charge in [-0.3, -0.25) is 0 Å². The Labute approximate surface area is 106 Å². The van der Waals surface area contributed by atoms with Crippen LogP contribution in [-0.2, 0) is 0 Å². The minimum Gasteiger partial charge on any atom is -0.497 e. The Morgan fingerprint density at radius 3 is 3.00 bits per heavy atom. The lowest BCUT2D eigenvalue weighted by Crippen LogP contribution is -2.20. The third kappa shape index (κ3) is 1.95. The number of benzene rings is 1. The highest BCUT2D eigenvalue weighted by atomic mass is 16.5. The summed E-state index contributed by atoms with van der Waals surface area (Å²) in [4.78, 5) is 8.75. The van der Waals surface area contributed by atoms with Crippen molar-refractivity contribution >= 4 is 16.5 Å². The molecule has 0 aliphatic carbocycles. The van der Waals surface area contributed by atoms with Crippen molar-refractivity contribution in [3.8, 4) is 5.75 Å². The van der Waals surface area contributed by atoms with Gasteiger partial charge in [-0.1, -0.05) is 6.08 Å². The number of methoxy groups -OCH3 is 1. The third-order valence-corrected chi connectivity index (χ3v) is 3.21. The number of fused-ring (bicyclic) bond motifs is 1. The molecule has 0 fully saturated rings. The summed E-state index contributed by atoms with van der Waals surface area (Å²) in [6.45, 7) is 1.92. The summed E-state index contributed by atoms with van der Waals surface area (Å²) in [7, 11) is 1.67. The van der Waals surface area contributed by atoms with Gasteiger partial charge in [0.15, 0.2) is 0 Å². The molecule has 4 heteroatoms. The van der Waals surface area contributed by atoms with Crippen molar-refractivity contribution in [1.82, 2.24) is 15.3 Å². The molecule has 0 bridgehead atoms. The van der Waals surface area contributed by atoms with Crippen LogP contribution >= 0.6 is 0 Å². The van der Waals surface area contributed by atoms with Gasteiger partial charge < -0.3 is 10.1 Å². The molecule has 1 aromatic carbocycles. The number of aromatic nitrogens is 2. The van der Waals surface area contributed by atoms with Crippen LogP contribution in [0.2, 0.25) is 0 Å². The van der Waals surface area contributed by atoms with Crippen LogP contribution in [0, 0.1) is 0 Å². The van der Waals surface area contributed by atoms with Gasteiger partial charge in [-0.15, -0.1) is 0 Å². The van der Waals surface area contributed by atoms with Crippen LogP contribution in [0.3, 0.4) is 0 Å². The predicted octanol–water partition coefficient (Wildman–Crippen LogP) is 2.02. The first-order valence-electron chi connectivity index (χ1n) is 6.07. The quantitative estimate of drug-likeness (QED) is 0.873. The highest BCUT2D eigenvalue weighted by molar-refractivity contribution is 5.90. The second kappa shape index (κ2) is 4.74. The Morgan fingerprint density at radius 1 is 1.28 bits per heavy atom. The van der Waals surface area contributed by atoms with Gasteiger partial charge in [0.2, 0.25) is 0 Å². The maximum atomic E-state index is 5.22. The molecule has 1 aromatic heterocycles. The molecule has 92 valence electrons. The Hall–Kier alpha value is -1.94. The number of hydrogen-bond donors (Lipinski definition) is 1. The zero-order valence-corrected chi connectivity index (χ0v) is 10.3. The number of hydrogen-bond acceptors (Lipinski definition) is 4. The maximum absolute atomic E-state index is 5.22. The molecule has 0 atom stereocenters. The number of ether oxygens (including phenoxy) is 1. The fraction of sp³-hybridized carbons (Fsp3) is 0.286. The fourth-order valence-electron chi connectivity index (χ4n) is 2.26. The molecule has 1 N–H and O–H groups in total. The average molecular weight is 241 g/mol. The fourth-order valence-corrected chi connectivity index (χ4v) is 2.26. The van der Waals surface area contributed by atoms with Gasteiger partial charge in [0.25, 0.3) is 0 Å². The van der Waals surface area contributed by atoms with Crippen LogP contribution in [0.25, 0.3) is 16.5 Å². The summed E-state index contributed by atoms with van der Waals surface area (Å²) in [6.07, 6.45) is 4.84. The second-order valence-corrected chi connectivity index (χ2v) is 4.29. The minimum atomic E-state index is 0.825. The summed E-state index contributed by atoms with van der Waals surface area (Å²) < 4.78 is 5.22. The normalized spacial score (nSPS) is 15.5. The summed E-state index contributed by atoms with van der Waals surface area (Å²) in [5, 5.41) is 4.40. The minimum absolute atomic E-state index is 0.825. The van der Waals surface area contributed by atoms with E-state index in [0.29, 0.717) is 0 Å².